The molecule has 0 aromatic heterocycles. The highest BCUT2D eigenvalue weighted by Crippen LogP contribution is 2.24. The lowest BCUT2D eigenvalue weighted by atomic mass is 10.3. The number of hydrogen-bond donors (Lipinski definition) is 3. The maximum atomic E-state index is 11.1. The summed E-state index contributed by atoms with van der Waals surface area (Å²) in [6.07, 6.45) is 0. The summed E-state index contributed by atoms with van der Waals surface area (Å²) in [5.74, 6) is -0.437. The van der Waals surface area contributed by atoms with Crippen molar-refractivity contribution in [1.29, 1.82) is 0 Å². The smallest absolute Gasteiger partial charge is 0.257 e. The van der Waals surface area contributed by atoms with Crippen molar-refractivity contribution in [2.24, 2.45) is 0 Å². The topological polar surface area (TPSA) is 92.4 Å². The van der Waals surface area contributed by atoms with Gasteiger partial charge >= 0.3 is 0 Å². The maximum Gasteiger partial charge on any atom is 0.257 e. The predicted molar refractivity (Wildman–Crippen MR) is 48.7 cm³/mol. The van der Waals surface area contributed by atoms with Gasteiger partial charge in [-0.05, 0) is 23.9 Å². The van der Waals surface area contributed by atoms with Crippen molar-refractivity contribution >= 4 is 27.5 Å². The number of hydrogen-bond acceptors (Lipinski definition) is 4. The van der Waals surface area contributed by atoms with Gasteiger partial charge in [0.05, 0.1) is 0 Å². The molecule has 0 radical (unpaired) electrons. The molecule has 1 rings (SSSR count). The first-order valence-corrected chi connectivity index (χ1v) is 5.04. The molecule has 72 valence electrons. The van der Waals surface area contributed by atoms with Crippen LogP contribution < -0.4 is 9.97 Å². The highest BCUT2D eigenvalue weighted by atomic mass is 35.5. The second-order valence-corrected chi connectivity index (χ2v) is 4.37. The number of benzene rings is 1. The van der Waals surface area contributed by atoms with Crippen molar-refractivity contribution in [2.75, 3.05) is 5.73 Å². The summed E-state index contributed by atoms with van der Waals surface area (Å²) in [4.78, 5) is -0.309. The standard InChI is InChI=1S/C6H7ClN2O3S/c7-9-13(11,12)6-2-1-4(8)3-5(6)10/h1-3,9-10H,8H2. The fourth-order valence-electron chi connectivity index (χ4n) is 0.803. The quantitative estimate of drug-likeness (QED) is 0.499. The van der Waals surface area contributed by atoms with Crippen LogP contribution in [0.5, 0.6) is 5.75 Å². The van der Waals surface area contributed by atoms with Gasteiger partial charge in [-0.3, -0.25) is 0 Å². The van der Waals surface area contributed by atoms with E-state index in [0.29, 0.717) is 0 Å². The number of anilines is 1. The van der Waals surface area contributed by atoms with E-state index in [1.54, 1.807) is 4.24 Å². The summed E-state index contributed by atoms with van der Waals surface area (Å²) in [6.45, 7) is 0. The minimum atomic E-state index is -3.84. The van der Waals surface area contributed by atoms with Gasteiger partial charge in [0.15, 0.2) is 0 Å². The van der Waals surface area contributed by atoms with Gasteiger partial charge in [-0.2, -0.15) is 0 Å². The Morgan fingerprint density at radius 2 is 2.08 bits per heavy atom. The summed E-state index contributed by atoms with van der Waals surface area (Å²) in [5.41, 5.74) is 5.57. The molecule has 5 nitrogen and oxygen atoms in total. The molecule has 0 heterocycles. The fraction of sp³-hybridized carbons (Fsp3) is 0. The third-order valence-corrected chi connectivity index (χ3v) is 3.11. The Hall–Kier alpha value is -0.980. The molecule has 0 bridgehead atoms. The van der Waals surface area contributed by atoms with Gasteiger partial charge in [0.25, 0.3) is 10.0 Å². The van der Waals surface area contributed by atoms with Crippen LogP contribution in [-0.4, -0.2) is 13.5 Å². The van der Waals surface area contributed by atoms with Gasteiger partial charge in [-0.1, -0.05) is 0 Å². The molecule has 0 fully saturated rings. The molecule has 0 saturated carbocycles. The Morgan fingerprint density at radius 1 is 1.46 bits per heavy atom. The molecule has 0 unspecified atom stereocenters. The van der Waals surface area contributed by atoms with Crippen LogP contribution in [0.15, 0.2) is 23.1 Å². The molecule has 0 aliphatic heterocycles. The van der Waals surface area contributed by atoms with Gasteiger partial charge in [0.1, 0.15) is 10.6 Å². The summed E-state index contributed by atoms with van der Waals surface area (Å²) in [5, 5.41) is 9.20. The van der Waals surface area contributed by atoms with E-state index >= 15 is 0 Å². The zero-order valence-corrected chi connectivity index (χ0v) is 7.93. The highest BCUT2D eigenvalue weighted by molar-refractivity contribution is 7.90. The van der Waals surface area contributed by atoms with Crippen LogP contribution in [0, 0.1) is 0 Å². The second-order valence-electron chi connectivity index (χ2n) is 2.31. The molecule has 1 aromatic carbocycles. The summed E-state index contributed by atoms with van der Waals surface area (Å²) in [7, 11) is -3.84. The van der Waals surface area contributed by atoms with E-state index in [4.69, 9.17) is 17.5 Å². The molecular formula is C6H7ClN2O3S. The predicted octanol–water partition coefficient (Wildman–Crippen LogP) is 0.406. The van der Waals surface area contributed by atoms with Crippen LogP contribution >= 0.6 is 11.8 Å². The van der Waals surface area contributed by atoms with Crippen LogP contribution in [0.3, 0.4) is 0 Å². The Kier molecular flexibility index (Phi) is 2.65. The average Bonchev–Trinajstić information content (AvgIpc) is 2.03. The number of nitrogens with two attached hydrogens (primary N) is 1. The Labute approximate surface area is 80.3 Å². The normalized spacial score (nSPS) is 11.5. The van der Waals surface area contributed by atoms with Crippen LogP contribution in [0.2, 0.25) is 0 Å². The van der Waals surface area contributed by atoms with Crippen LogP contribution in [-0.2, 0) is 10.0 Å². The van der Waals surface area contributed by atoms with E-state index in [-0.39, 0.29) is 10.6 Å². The molecule has 13 heavy (non-hydrogen) atoms. The first-order valence-electron chi connectivity index (χ1n) is 3.18. The first kappa shape index (κ1) is 10.1. The third-order valence-electron chi connectivity index (χ3n) is 1.37. The average molecular weight is 223 g/mol. The van der Waals surface area contributed by atoms with Crippen LogP contribution in [0.1, 0.15) is 0 Å². The second kappa shape index (κ2) is 3.41. The number of halogens is 1. The lowest BCUT2D eigenvalue weighted by molar-refractivity contribution is 0.459. The number of nitrogen functional groups attached to an aromatic ring is 1. The van der Waals surface area contributed by atoms with Gasteiger partial charge in [-0.25, -0.2) is 8.42 Å². The molecule has 0 aliphatic rings. The molecule has 0 amide bonds. The van der Waals surface area contributed by atoms with Gasteiger partial charge < -0.3 is 10.8 Å². The van der Waals surface area contributed by atoms with Crippen molar-refractivity contribution < 1.29 is 13.5 Å². The van der Waals surface area contributed by atoms with Crippen molar-refractivity contribution in [2.45, 2.75) is 4.90 Å². The molecular weight excluding hydrogens is 216 g/mol. The Balaban J connectivity index is 3.33. The molecule has 0 atom stereocenters. The van der Waals surface area contributed by atoms with Crippen molar-refractivity contribution in [3.05, 3.63) is 18.2 Å². The number of sulfonamides is 1. The monoisotopic (exact) mass is 222 g/mol. The molecule has 0 spiro atoms. The van der Waals surface area contributed by atoms with Crippen LogP contribution in [0.4, 0.5) is 5.69 Å². The molecule has 0 saturated heterocycles. The number of rotatable bonds is 2. The maximum absolute atomic E-state index is 11.1. The van der Waals surface area contributed by atoms with E-state index in [0.717, 1.165) is 12.1 Å². The van der Waals surface area contributed by atoms with Gasteiger partial charge in [0.2, 0.25) is 0 Å². The third kappa shape index (κ3) is 2.03. The van der Waals surface area contributed by atoms with Gasteiger partial charge in [0, 0.05) is 11.8 Å². The van der Waals surface area contributed by atoms with Crippen molar-refractivity contribution in [3.63, 3.8) is 0 Å². The zero-order chi connectivity index (χ0) is 10.1. The van der Waals surface area contributed by atoms with E-state index < -0.39 is 15.8 Å². The first-order chi connectivity index (χ1) is 5.97. The molecule has 1 aromatic rings. The molecule has 4 N–H and O–H groups in total. The van der Waals surface area contributed by atoms with Crippen LogP contribution in [0.25, 0.3) is 0 Å². The fourth-order valence-corrected chi connectivity index (χ4v) is 1.72. The zero-order valence-electron chi connectivity index (χ0n) is 6.36. The Morgan fingerprint density at radius 3 is 2.54 bits per heavy atom. The summed E-state index contributed by atoms with van der Waals surface area (Å²) < 4.78 is 23.7. The van der Waals surface area contributed by atoms with Gasteiger partial charge in [-0.15, -0.1) is 4.24 Å². The SMILES string of the molecule is Nc1ccc(S(=O)(=O)NCl)c(O)c1. The number of aromatic hydroxyl groups is 1. The molecule has 7 heteroatoms. The van der Waals surface area contributed by atoms with E-state index in [9.17, 15) is 13.5 Å². The minimum Gasteiger partial charge on any atom is -0.506 e. The number of phenolic OH excluding ortho intramolecular Hbond substituents is 1. The highest BCUT2D eigenvalue weighted by Gasteiger charge is 2.16. The summed E-state index contributed by atoms with van der Waals surface area (Å²) >= 11 is 4.96. The number of phenols is 1. The summed E-state index contributed by atoms with van der Waals surface area (Å²) in [6, 6.07) is 3.64. The van der Waals surface area contributed by atoms with Crippen molar-refractivity contribution in [1.82, 2.24) is 4.24 Å². The van der Waals surface area contributed by atoms with Crippen molar-refractivity contribution in [3.8, 4) is 5.75 Å². The van der Waals surface area contributed by atoms with E-state index in [1.807, 2.05) is 0 Å². The number of nitrogens with one attached hydrogen (secondary N) is 1. The molecule has 0 aliphatic carbocycles. The van der Waals surface area contributed by atoms with E-state index in [2.05, 4.69) is 0 Å². The van der Waals surface area contributed by atoms with E-state index in [1.165, 1.54) is 6.07 Å². The largest absolute Gasteiger partial charge is 0.506 e. The lowest BCUT2D eigenvalue weighted by Crippen LogP contribution is -2.13. The lowest BCUT2D eigenvalue weighted by Gasteiger charge is -2.03. The Bertz CT molecular complexity index is 418. The minimum absolute atomic E-state index is 0.269.